The van der Waals surface area contributed by atoms with Gasteiger partial charge < -0.3 is 31.7 Å². The highest BCUT2D eigenvalue weighted by molar-refractivity contribution is 6.19. The van der Waals surface area contributed by atoms with Crippen LogP contribution in [0.5, 0.6) is 0 Å². The van der Waals surface area contributed by atoms with Gasteiger partial charge in [0.25, 0.3) is 0 Å². The summed E-state index contributed by atoms with van der Waals surface area (Å²) in [7, 11) is 0. The van der Waals surface area contributed by atoms with Crippen molar-refractivity contribution in [3.63, 3.8) is 0 Å². The molecular formula is C18H20N4O7. The van der Waals surface area contributed by atoms with E-state index in [1.165, 1.54) is 0 Å². The third kappa shape index (κ3) is 12.6. The van der Waals surface area contributed by atoms with E-state index in [1.807, 2.05) is 24.3 Å². The van der Waals surface area contributed by atoms with Gasteiger partial charge in [-0.3, -0.25) is 4.79 Å². The molecule has 29 heavy (non-hydrogen) atoms. The monoisotopic (exact) mass is 404 g/mol. The second-order valence-corrected chi connectivity index (χ2v) is 4.82. The highest BCUT2D eigenvalue weighted by Crippen LogP contribution is 1.98. The molecule has 11 nitrogen and oxygen atoms in total. The number of hydrogen-bond acceptors (Lipinski definition) is 7. The number of carboxylic acid groups (broad SMARTS) is 2. The van der Waals surface area contributed by atoms with Crippen LogP contribution in [0.4, 0.5) is 0 Å². The molecule has 0 saturated carbocycles. The van der Waals surface area contributed by atoms with E-state index < -0.39 is 18.5 Å². The maximum Gasteiger partial charge on any atom is 0.368 e. The minimum absolute atomic E-state index is 0.139. The van der Waals surface area contributed by atoms with Crippen LogP contribution in [0.3, 0.4) is 0 Å². The van der Waals surface area contributed by atoms with Crippen LogP contribution < -0.4 is 11.5 Å². The molecule has 2 rings (SSSR count). The number of carboxylic acids is 2. The van der Waals surface area contributed by atoms with E-state index in [0.717, 1.165) is 5.56 Å². The molecule has 0 aromatic heterocycles. The smallest absolute Gasteiger partial charge is 0.368 e. The lowest BCUT2D eigenvalue weighted by Crippen LogP contribution is -2.15. The van der Waals surface area contributed by atoms with Crippen molar-refractivity contribution in [1.29, 1.82) is 0 Å². The van der Waals surface area contributed by atoms with Crippen molar-refractivity contribution >= 4 is 29.9 Å². The molecule has 0 fully saturated rings. The molecule has 0 saturated heterocycles. The van der Waals surface area contributed by atoms with Gasteiger partial charge in [0.05, 0.1) is 0 Å². The fourth-order valence-corrected chi connectivity index (χ4v) is 1.49. The predicted molar refractivity (Wildman–Crippen MR) is 103 cm³/mol. The maximum absolute atomic E-state index is 10.1. The van der Waals surface area contributed by atoms with Crippen LogP contribution in [-0.2, 0) is 19.2 Å². The van der Waals surface area contributed by atoms with Crippen LogP contribution in [-0.4, -0.2) is 51.9 Å². The average Bonchev–Trinajstić information content (AvgIpc) is 2.75. The van der Waals surface area contributed by atoms with Gasteiger partial charge in [0.15, 0.2) is 11.7 Å². The van der Waals surface area contributed by atoms with Gasteiger partial charge in [-0.2, -0.15) is 0 Å². The van der Waals surface area contributed by atoms with Crippen molar-refractivity contribution in [2.24, 2.45) is 21.8 Å². The molecule has 0 heterocycles. The zero-order valence-corrected chi connectivity index (χ0v) is 15.1. The first-order chi connectivity index (χ1) is 13.8. The minimum atomic E-state index is -1.43. The summed E-state index contributed by atoms with van der Waals surface area (Å²) in [5, 5.41) is 30.2. The number of carbonyl (C=O) groups is 3. The molecule has 7 N–H and O–H groups in total. The quantitative estimate of drug-likeness (QED) is 0.113. The van der Waals surface area contributed by atoms with Gasteiger partial charge in [-0.15, -0.1) is 0 Å². The minimum Gasteiger partial charge on any atom is -0.479 e. The molecule has 154 valence electrons. The van der Waals surface area contributed by atoms with Crippen molar-refractivity contribution in [2.45, 2.75) is 0 Å². The number of aldehydes is 1. The van der Waals surface area contributed by atoms with Crippen molar-refractivity contribution in [3.05, 3.63) is 71.8 Å². The number of nitrogens with zero attached hydrogens (tertiary/aromatic N) is 2. The topological polar surface area (TPSA) is 198 Å². The highest BCUT2D eigenvalue weighted by atomic mass is 16.6. The first-order valence-corrected chi connectivity index (χ1v) is 7.75. The number of amidine groups is 2. The molecule has 0 radical (unpaired) electrons. The van der Waals surface area contributed by atoms with Gasteiger partial charge in [-0.25, -0.2) is 9.59 Å². The van der Waals surface area contributed by atoms with Gasteiger partial charge >= 0.3 is 11.9 Å². The number of aliphatic carboxylic acids is 2. The number of nitrogens with two attached hydrogens (primary N) is 2. The lowest BCUT2D eigenvalue weighted by atomic mass is 10.2. The summed E-state index contributed by atoms with van der Waals surface area (Å²) < 4.78 is 0. The normalized spacial score (nSPS) is 10.3. The lowest BCUT2D eigenvalue weighted by Gasteiger charge is -1.99. The van der Waals surface area contributed by atoms with Gasteiger partial charge in [0, 0.05) is 11.1 Å². The van der Waals surface area contributed by atoms with Crippen LogP contribution >= 0.6 is 0 Å². The van der Waals surface area contributed by atoms with Crippen LogP contribution in [0, 0.1) is 0 Å². The van der Waals surface area contributed by atoms with E-state index in [-0.39, 0.29) is 18.0 Å². The summed E-state index contributed by atoms with van der Waals surface area (Å²) in [5.74, 6) is -2.22. The molecule has 0 spiro atoms. The second-order valence-electron chi connectivity index (χ2n) is 4.82. The molecule has 0 aliphatic rings. The van der Waals surface area contributed by atoms with E-state index in [2.05, 4.69) is 15.1 Å². The standard InChI is InChI=1S/C9H10N2O3.C7H8N2O.C2H2O3/c10-9(11-14-6-8(12)13)7-4-2-1-3-5-7;8-7(9-10)6-4-2-1-3-5-6;3-1-2(4)5/h1-5H,6H2,(H2,10,11)(H,12,13);1-5,10H,(H2,8,9);1H,(H,4,5). The summed E-state index contributed by atoms with van der Waals surface area (Å²) >= 11 is 0. The van der Waals surface area contributed by atoms with Crippen LogP contribution in [0.2, 0.25) is 0 Å². The van der Waals surface area contributed by atoms with Crippen LogP contribution in [0.25, 0.3) is 0 Å². The lowest BCUT2D eigenvalue weighted by molar-refractivity contribution is -0.143. The van der Waals surface area contributed by atoms with E-state index in [0.29, 0.717) is 5.56 Å². The molecule has 0 aliphatic heterocycles. The Morgan fingerprint density at radius 3 is 1.66 bits per heavy atom. The van der Waals surface area contributed by atoms with Crippen molar-refractivity contribution in [3.8, 4) is 0 Å². The number of carbonyl (C=O) groups excluding carboxylic acids is 1. The van der Waals surface area contributed by atoms with E-state index >= 15 is 0 Å². The molecule has 0 aliphatic carbocycles. The molecule has 0 unspecified atom stereocenters. The van der Waals surface area contributed by atoms with Crippen LogP contribution in [0.1, 0.15) is 11.1 Å². The fourth-order valence-electron chi connectivity index (χ4n) is 1.49. The number of hydrogen-bond donors (Lipinski definition) is 5. The third-order valence-corrected chi connectivity index (χ3v) is 2.70. The Labute approximate surface area is 165 Å². The Bertz CT molecular complexity index is 825. The molecule has 0 atom stereocenters. The van der Waals surface area contributed by atoms with E-state index in [4.69, 9.17) is 36.5 Å². The number of oxime groups is 2. The number of benzene rings is 2. The Morgan fingerprint density at radius 1 is 0.897 bits per heavy atom. The van der Waals surface area contributed by atoms with E-state index in [1.54, 1.807) is 36.4 Å². The SMILES string of the molecule is N/C(=N\O)c1ccccc1.N/C(=N\OCC(=O)O)c1ccccc1.O=CC(=O)O. The first kappa shape index (κ1) is 24.6. The predicted octanol–water partition coefficient (Wildman–Crippen LogP) is 0.459. The molecular weight excluding hydrogens is 384 g/mol. The third-order valence-electron chi connectivity index (χ3n) is 2.70. The Hall–Kier alpha value is -4.41. The summed E-state index contributed by atoms with van der Waals surface area (Å²) in [6.07, 6.45) is -0.167. The van der Waals surface area contributed by atoms with Gasteiger partial charge in [-0.1, -0.05) is 71.0 Å². The Morgan fingerprint density at radius 2 is 1.31 bits per heavy atom. The van der Waals surface area contributed by atoms with E-state index in [9.17, 15) is 4.79 Å². The summed E-state index contributed by atoms with van der Waals surface area (Å²) in [4.78, 5) is 32.5. The molecule has 0 bridgehead atoms. The first-order valence-electron chi connectivity index (χ1n) is 7.75. The summed E-state index contributed by atoms with van der Waals surface area (Å²) in [5.41, 5.74) is 12.2. The zero-order valence-electron chi connectivity index (χ0n) is 15.1. The van der Waals surface area contributed by atoms with Crippen molar-refractivity contribution in [1.82, 2.24) is 0 Å². The summed E-state index contributed by atoms with van der Waals surface area (Å²) in [6.45, 7) is -0.493. The number of rotatable bonds is 6. The largest absolute Gasteiger partial charge is 0.479 e. The Balaban J connectivity index is 0.000000455. The zero-order chi connectivity index (χ0) is 22.1. The van der Waals surface area contributed by atoms with Crippen molar-refractivity contribution < 1.29 is 34.6 Å². The highest BCUT2D eigenvalue weighted by Gasteiger charge is 1.98. The average molecular weight is 404 g/mol. The molecule has 2 aromatic carbocycles. The van der Waals surface area contributed by atoms with Crippen LogP contribution in [0.15, 0.2) is 71.0 Å². The molecule has 11 heteroatoms. The van der Waals surface area contributed by atoms with Gasteiger partial charge in [0.2, 0.25) is 12.9 Å². The molecule has 2 aromatic rings. The van der Waals surface area contributed by atoms with Gasteiger partial charge in [-0.05, 0) is 0 Å². The van der Waals surface area contributed by atoms with Gasteiger partial charge in [0.1, 0.15) is 0 Å². The Kier molecular flexibility index (Phi) is 12.5. The van der Waals surface area contributed by atoms with Crippen molar-refractivity contribution in [2.75, 3.05) is 6.61 Å². The molecule has 0 amide bonds. The maximum atomic E-state index is 10.1. The fraction of sp³-hybridized carbons (Fsp3) is 0.0556. The second kappa shape index (κ2) is 14.7. The summed E-state index contributed by atoms with van der Waals surface area (Å²) in [6, 6.07) is 18.0.